The maximum atomic E-state index is 8.51. The van der Waals surface area contributed by atoms with E-state index in [1.54, 1.807) is 0 Å². The number of nitriles is 1. The van der Waals surface area contributed by atoms with Gasteiger partial charge < -0.3 is 5.32 Å². The lowest BCUT2D eigenvalue weighted by atomic mass is 10.1. The van der Waals surface area contributed by atoms with Crippen LogP contribution in [0.4, 0.5) is 5.69 Å². The van der Waals surface area contributed by atoms with Crippen molar-refractivity contribution >= 4 is 5.69 Å². The number of nitrogens with one attached hydrogen (secondary N) is 1. The Kier molecular flexibility index (Phi) is 4.00. The smallest absolute Gasteiger partial charge is 0.0669 e. The maximum absolute atomic E-state index is 8.51. The summed E-state index contributed by atoms with van der Waals surface area (Å²) < 4.78 is 0. The molecule has 0 aromatic heterocycles. The molecule has 1 atom stereocenters. The fourth-order valence-electron chi connectivity index (χ4n) is 1.20. The van der Waals surface area contributed by atoms with Crippen molar-refractivity contribution in [2.75, 3.05) is 5.32 Å². The highest BCUT2D eigenvalue weighted by Gasteiger charge is 1.98. The lowest BCUT2D eigenvalue weighted by molar-refractivity contribution is 0.764. The maximum Gasteiger partial charge on any atom is 0.0669 e. The number of hydrogen-bond donors (Lipinski definition) is 1. The minimum absolute atomic E-state index is 0.490. The first kappa shape index (κ1) is 10.6. The van der Waals surface area contributed by atoms with E-state index in [1.807, 2.05) is 24.3 Å². The van der Waals surface area contributed by atoms with Crippen LogP contribution in [-0.4, -0.2) is 6.04 Å². The minimum atomic E-state index is 0.490. The van der Waals surface area contributed by atoms with E-state index in [2.05, 4.69) is 25.2 Å². The predicted octanol–water partition coefficient (Wildman–Crippen LogP) is 2.96. The van der Waals surface area contributed by atoms with E-state index in [0.717, 1.165) is 17.7 Å². The molecule has 74 valence electrons. The number of hydrogen-bond acceptors (Lipinski definition) is 2. The van der Waals surface area contributed by atoms with Gasteiger partial charge in [0.25, 0.3) is 0 Å². The summed E-state index contributed by atoms with van der Waals surface area (Å²) in [6, 6.07) is 10.7. The second-order valence-electron chi connectivity index (χ2n) is 3.49. The zero-order valence-corrected chi connectivity index (χ0v) is 8.75. The third-order valence-corrected chi connectivity index (χ3v) is 2.26. The molecule has 0 amide bonds. The van der Waals surface area contributed by atoms with Gasteiger partial charge >= 0.3 is 0 Å². The molecule has 0 bridgehead atoms. The van der Waals surface area contributed by atoms with Gasteiger partial charge in [0.2, 0.25) is 0 Å². The first-order chi connectivity index (χ1) is 6.76. The van der Waals surface area contributed by atoms with Crippen molar-refractivity contribution in [3.63, 3.8) is 0 Å². The van der Waals surface area contributed by atoms with Gasteiger partial charge in [0.1, 0.15) is 0 Å². The van der Waals surface area contributed by atoms with Crippen molar-refractivity contribution in [1.29, 1.82) is 5.26 Å². The Morgan fingerprint density at radius 1 is 1.36 bits per heavy atom. The average molecular weight is 188 g/mol. The highest BCUT2D eigenvalue weighted by molar-refractivity contribution is 5.45. The molecule has 1 N–H and O–H groups in total. The Hall–Kier alpha value is -1.49. The molecule has 2 heteroatoms. The third kappa shape index (κ3) is 3.10. The van der Waals surface area contributed by atoms with Crippen molar-refractivity contribution in [3.8, 4) is 6.07 Å². The Balaban J connectivity index is 2.60. The highest BCUT2D eigenvalue weighted by Crippen LogP contribution is 2.11. The van der Waals surface area contributed by atoms with Gasteiger partial charge in [-0.05, 0) is 31.0 Å². The zero-order chi connectivity index (χ0) is 10.4. The van der Waals surface area contributed by atoms with Crippen molar-refractivity contribution in [2.24, 2.45) is 0 Å². The van der Waals surface area contributed by atoms with E-state index < -0.39 is 0 Å². The van der Waals surface area contributed by atoms with Gasteiger partial charge in [-0.1, -0.05) is 19.1 Å². The number of nitrogens with zero attached hydrogens (tertiary/aromatic N) is 1. The normalized spacial score (nSPS) is 11.8. The monoisotopic (exact) mass is 188 g/mol. The van der Waals surface area contributed by atoms with Gasteiger partial charge in [-0.25, -0.2) is 0 Å². The molecule has 1 aromatic carbocycles. The van der Waals surface area contributed by atoms with Gasteiger partial charge in [-0.2, -0.15) is 5.26 Å². The number of anilines is 1. The largest absolute Gasteiger partial charge is 0.383 e. The summed E-state index contributed by atoms with van der Waals surface area (Å²) in [4.78, 5) is 0. The van der Waals surface area contributed by atoms with Crippen LogP contribution in [0, 0.1) is 11.3 Å². The van der Waals surface area contributed by atoms with E-state index in [-0.39, 0.29) is 0 Å². The van der Waals surface area contributed by atoms with E-state index in [0.29, 0.717) is 12.5 Å². The summed E-state index contributed by atoms with van der Waals surface area (Å²) in [7, 11) is 0. The van der Waals surface area contributed by atoms with Crippen LogP contribution in [0.25, 0.3) is 0 Å². The van der Waals surface area contributed by atoms with Crippen LogP contribution in [0.1, 0.15) is 25.8 Å². The summed E-state index contributed by atoms with van der Waals surface area (Å²) >= 11 is 0. The van der Waals surface area contributed by atoms with Crippen LogP contribution in [0.5, 0.6) is 0 Å². The molecule has 0 heterocycles. The minimum Gasteiger partial charge on any atom is -0.383 e. The Bertz CT molecular complexity index is 308. The molecule has 0 saturated heterocycles. The molecule has 0 radical (unpaired) electrons. The van der Waals surface area contributed by atoms with Gasteiger partial charge in [-0.3, -0.25) is 0 Å². The molecule has 0 spiro atoms. The molecule has 0 aliphatic carbocycles. The standard InChI is InChI=1S/C12H16N2/c1-3-10(2)14-12-6-4-11(5-7-12)8-9-13/h4-7,10,14H,3,8H2,1-2H3. The Morgan fingerprint density at radius 3 is 2.50 bits per heavy atom. The van der Waals surface area contributed by atoms with Gasteiger partial charge in [0.15, 0.2) is 0 Å². The number of rotatable bonds is 4. The molecular formula is C12H16N2. The van der Waals surface area contributed by atoms with Gasteiger partial charge in [-0.15, -0.1) is 0 Å². The molecular weight excluding hydrogens is 172 g/mol. The number of benzene rings is 1. The first-order valence-corrected chi connectivity index (χ1v) is 4.98. The summed E-state index contributed by atoms with van der Waals surface area (Å²) in [6.45, 7) is 4.31. The quantitative estimate of drug-likeness (QED) is 0.788. The van der Waals surface area contributed by atoms with Crippen molar-refractivity contribution in [2.45, 2.75) is 32.7 Å². The lowest BCUT2D eigenvalue weighted by Gasteiger charge is -2.12. The zero-order valence-electron chi connectivity index (χ0n) is 8.75. The molecule has 0 aliphatic rings. The first-order valence-electron chi connectivity index (χ1n) is 4.98. The molecule has 1 rings (SSSR count). The SMILES string of the molecule is CCC(C)Nc1ccc(CC#N)cc1. The lowest BCUT2D eigenvalue weighted by Crippen LogP contribution is -2.13. The fourth-order valence-corrected chi connectivity index (χ4v) is 1.20. The van der Waals surface area contributed by atoms with Gasteiger partial charge in [0.05, 0.1) is 12.5 Å². The van der Waals surface area contributed by atoms with E-state index in [4.69, 9.17) is 5.26 Å². The highest BCUT2D eigenvalue weighted by atomic mass is 14.9. The molecule has 1 aromatic rings. The molecule has 14 heavy (non-hydrogen) atoms. The van der Waals surface area contributed by atoms with Crippen molar-refractivity contribution < 1.29 is 0 Å². The van der Waals surface area contributed by atoms with Crippen LogP contribution in [0.3, 0.4) is 0 Å². The molecule has 0 aliphatic heterocycles. The molecule has 2 nitrogen and oxygen atoms in total. The van der Waals surface area contributed by atoms with E-state index >= 15 is 0 Å². The summed E-state index contributed by atoms with van der Waals surface area (Å²) in [5, 5.41) is 11.9. The third-order valence-electron chi connectivity index (χ3n) is 2.26. The second-order valence-corrected chi connectivity index (χ2v) is 3.49. The second kappa shape index (κ2) is 5.29. The van der Waals surface area contributed by atoms with Crippen LogP contribution in [0.15, 0.2) is 24.3 Å². The van der Waals surface area contributed by atoms with Crippen LogP contribution < -0.4 is 5.32 Å². The Labute approximate surface area is 85.6 Å². The fraction of sp³-hybridized carbons (Fsp3) is 0.417. The molecule has 0 saturated carbocycles. The molecule has 0 fully saturated rings. The van der Waals surface area contributed by atoms with E-state index in [9.17, 15) is 0 Å². The van der Waals surface area contributed by atoms with Gasteiger partial charge in [0, 0.05) is 11.7 Å². The predicted molar refractivity (Wildman–Crippen MR) is 59.1 cm³/mol. The van der Waals surface area contributed by atoms with Crippen LogP contribution in [-0.2, 0) is 6.42 Å². The van der Waals surface area contributed by atoms with Crippen molar-refractivity contribution in [3.05, 3.63) is 29.8 Å². The Morgan fingerprint density at radius 2 is 2.00 bits per heavy atom. The molecule has 1 unspecified atom stereocenters. The van der Waals surface area contributed by atoms with Crippen molar-refractivity contribution in [1.82, 2.24) is 0 Å². The summed E-state index contributed by atoms with van der Waals surface area (Å²) in [5.74, 6) is 0. The topological polar surface area (TPSA) is 35.8 Å². The van der Waals surface area contributed by atoms with Crippen LogP contribution in [0.2, 0.25) is 0 Å². The average Bonchev–Trinajstić information content (AvgIpc) is 2.21. The summed E-state index contributed by atoms with van der Waals surface area (Å²) in [5.41, 5.74) is 2.20. The van der Waals surface area contributed by atoms with E-state index in [1.165, 1.54) is 0 Å². The summed E-state index contributed by atoms with van der Waals surface area (Å²) in [6.07, 6.45) is 1.60. The van der Waals surface area contributed by atoms with Crippen LogP contribution >= 0.6 is 0 Å².